The molecule has 0 bridgehead atoms. The van der Waals surface area contributed by atoms with E-state index in [9.17, 15) is 4.79 Å². The lowest BCUT2D eigenvalue weighted by atomic mass is 10.2. The van der Waals surface area contributed by atoms with Crippen LogP contribution < -0.4 is 5.32 Å². The number of hydrogen-bond acceptors (Lipinski definition) is 2. The molecule has 0 aliphatic carbocycles. The fraction of sp³-hybridized carbons (Fsp3) is 0.357. The number of rotatable bonds is 5. The highest BCUT2D eigenvalue weighted by Gasteiger charge is 2.08. The van der Waals surface area contributed by atoms with Gasteiger partial charge in [0.05, 0.1) is 0 Å². The Morgan fingerprint density at radius 2 is 2.11 bits per heavy atom. The SMILES string of the molecule is CN(C)CCCNC(=O)c1cc2ccccc2[nH]1. The zero-order valence-electron chi connectivity index (χ0n) is 10.9. The van der Waals surface area contributed by atoms with Crippen LogP contribution in [0.15, 0.2) is 30.3 Å². The van der Waals surface area contributed by atoms with Gasteiger partial charge in [0.1, 0.15) is 5.69 Å². The van der Waals surface area contributed by atoms with Crippen molar-refractivity contribution in [1.29, 1.82) is 0 Å². The van der Waals surface area contributed by atoms with Gasteiger partial charge in [0.25, 0.3) is 5.91 Å². The number of carbonyl (C=O) groups is 1. The Bertz CT molecular complexity index is 498. The molecule has 1 heterocycles. The van der Waals surface area contributed by atoms with Crippen LogP contribution in [0.2, 0.25) is 0 Å². The first-order valence-electron chi connectivity index (χ1n) is 6.17. The number of hydrogen-bond donors (Lipinski definition) is 2. The van der Waals surface area contributed by atoms with E-state index >= 15 is 0 Å². The van der Waals surface area contributed by atoms with E-state index in [0.29, 0.717) is 12.2 Å². The summed E-state index contributed by atoms with van der Waals surface area (Å²) in [6, 6.07) is 9.77. The molecular weight excluding hydrogens is 226 g/mol. The molecule has 2 N–H and O–H groups in total. The first-order valence-corrected chi connectivity index (χ1v) is 6.17. The van der Waals surface area contributed by atoms with Crippen molar-refractivity contribution in [3.63, 3.8) is 0 Å². The van der Waals surface area contributed by atoms with E-state index < -0.39 is 0 Å². The van der Waals surface area contributed by atoms with Crippen LogP contribution in [0.4, 0.5) is 0 Å². The summed E-state index contributed by atoms with van der Waals surface area (Å²) in [5, 5.41) is 3.98. The van der Waals surface area contributed by atoms with Crippen molar-refractivity contribution >= 4 is 16.8 Å². The highest BCUT2D eigenvalue weighted by Crippen LogP contribution is 2.14. The minimum Gasteiger partial charge on any atom is -0.351 e. The number of aromatic nitrogens is 1. The Morgan fingerprint density at radius 1 is 1.33 bits per heavy atom. The summed E-state index contributed by atoms with van der Waals surface area (Å²) in [7, 11) is 4.05. The second-order valence-corrected chi connectivity index (χ2v) is 4.68. The second kappa shape index (κ2) is 5.69. The summed E-state index contributed by atoms with van der Waals surface area (Å²) < 4.78 is 0. The van der Waals surface area contributed by atoms with Gasteiger partial charge in [-0.15, -0.1) is 0 Å². The van der Waals surface area contributed by atoms with Crippen molar-refractivity contribution < 1.29 is 4.79 Å². The van der Waals surface area contributed by atoms with Gasteiger partial charge in [0.15, 0.2) is 0 Å². The van der Waals surface area contributed by atoms with Gasteiger partial charge in [0.2, 0.25) is 0 Å². The molecule has 0 unspecified atom stereocenters. The predicted molar refractivity (Wildman–Crippen MR) is 73.8 cm³/mol. The number of benzene rings is 1. The molecule has 1 amide bonds. The lowest BCUT2D eigenvalue weighted by Gasteiger charge is -2.09. The fourth-order valence-corrected chi connectivity index (χ4v) is 1.89. The summed E-state index contributed by atoms with van der Waals surface area (Å²) in [4.78, 5) is 17.1. The Balaban J connectivity index is 1.92. The normalized spacial score (nSPS) is 11.1. The lowest BCUT2D eigenvalue weighted by Crippen LogP contribution is -2.27. The molecule has 0 aliphatic heterocycles. The highest BCUT2D eigenvalue weighted by atomic mass is 16.1. The molecule has 0 spiro atoms. The molecule has 4 heteroatoms. The van der Waals surface area contributed by atoms with Gasteiger partial charge in [-0.05, 0) is 39.2 Å². The highest BCUT2D eigenvalue weighted by molar-refractivity contribution is 5.97. The molecule has 1 aromatic carbocycles. The molecule has 4 nitrogen and oxygen atoms in total. The zero-order chi connectivity index (χ0) is 13.0. The van der Waals surface area contributed by atoms with E-state index in [2.05, 4.69) is 15.2 Å². The van der Waals surface area contributed by atoms with Crippen molar-refractivity contribution in [2.24, 2.45) is 0 Å². The van der Waals surface area contributed by atoms with Crippen molar-refractivity contribution in [2.45, 2.75) is 6.42 Å². The van der Waals surface area contributed by atoms with Gasteiger partial charge in [-0.1, -0.05) is 18.2 Å². The average Bonchev–Trinajstić information content (AvgIpc) is 2.78. The lowest BCUT2D eigenvalue weighted by molar-refractivity contribution is 0.0948. The molecule has 18 heavy (non-hydrogen) atoms. The Kier molecular flexibility index (Phi) is 3.99. The van der Waals surface area contributed by atoms with Crippen LogP contribution in [0.5, 0.6) is 0 Å². The van der Waals surface area contributed by atoms with E-state index in [-0.39, 0.29) is 5.91 Å². The molecule has 0 aliphatic rings. The van der Waals surface area contributed by atoms with Gasteiger partial charge in [-0.3, -0.25) is 4.79 Å². The molecule has 2 aromatic rings. The third kappa shape index (κ3) is 3.11. The van der Waals surface area contributed by atoms with Crippen molar-refractivity contribution in [3.8, 4) is 0 Å². The van der Waals surface area contributed by atoms with E-state index in [1.54, 1.807) is 0 Å². The van der Waals surface area contributed by atoms with Gasteiger partial charge < -0.3 is 15.2 Å². The Morgan fingerprint density at radius 3 is 2.83 bits per heavy atom. The van der Waals surface area contributed by atoms with E-state index in [1.165, 1.54) is 0 Å². The summed E-state index contributed by atoms with van der Waals surface area (Å²) in [6.45, 7) is 1.68. The topological polar surface area (TPSA) is 48.1 Å². The predicted octanol–water partition coefficient (Wildman–Crippen LogP) is 1.85. The van der Waals surface area contributed by atoms with Crippen LogP contribution in [0.25, 0.3) is 10.9 Å². The van der Waals surface area contributed by atoms with E-state index in [4.69, 9.17) is 0 Å². The summed E-state index contributed by atoms with van der Waals surface area (Å²) in [5.41, 5.74) is 1.62. The molecule has 2 rings (SSSR count). The number of nitrogens with zero attached hydrogens (tertiary/aromatic N) is 1. The Hall–Kier alpha value is -1.81. The number of carbonyl (C=O) groups excluding carboxylic acids is 1. The maximum absolute atomic E-state index is 11.9. The number of fused-ring (bicyclic) bond motifs is 1. The van der Waals surface area contributed by atoms with Crippen LogP contribution >= 0.6 is 0 Å². The minimum atomic E-state index is -0.0371. The number of amides is 1. The third-order valence-corrected chi connectivity index (χ3v) is 2.84. The Labute approximate surface area is 107 Å². The van der Waals surface area contributed by atoms with E-state index in [1.807, 2.05) is 44.4 Å². The fourth-order valence-electron chi connectivity index (χ4n) is 1.89. The number of H-pyrrole nitrogens is 1. The van der Waals surface area contributed by atoms with Gasteiger partial charge in [-0.25, -0.2) is 0 Å². The molecule has 0 fully saturated rings. The quantitative estimate of drug-likeness (QED) is 0.790. The molecule has 0 radical (unpaired) electrons. The van der Waals surface area contributed by atoms with Crippen molar-refractivity contribution in [2.75, 3.05) is 27.2 Å². The largest absolute Gasteiger partial charge is 0.351 e. The van der Waals surface area contributed by atoms with Crippen molar-refractivity contribution in [1.82, 2.24) is 15.2 Å². The van der Waals surface area contributed by atoms with Crippen LogP contribution in [0.3, 0.4) is 0 Å². The monoisotopic (exact) mass is 245 g/mol. The van der Waals surface area contributed by atoms with Gasteiger partial charge in [0, 0.05) is 17.4 Å². The molecular formula is C14H19N3O. The first-order chi connectivity index (χ1) is 8.66. The molecule has 96 valence electrons. The van der Waals surface area contributed by atoms with Crippen LogP contribution in [-0.2, 0) is 0 Å². The number of para-hydroxylation sites is 1. The maximum Gasteiger partial charge on any atom is 0.267 e. The van der Waals surface area contributed by atoms with Gasteiger partial charge >= 0.3 is 0 Å². The van der Waals surface area contributed by atoms with Crippen LogP contribution in [-0.4, -0.2) is 43.0 Å². The molecule has 1 aromatic heterocycles. The second-order valence-electron chi connectivity index (χ2n) is 4.68. The number of nitrogens with one attached hydrogen (secondary N) is 2. The van der Waals surface area contributed by atoms with E-state index in [0.717, 1.165) is 23.9 Å². The summed E-state index contributed by atoms with van der Waals surface area (Å²) in [6.07, 6.45) is 0.957. The molecule has 0 saturated carbocycles. The maximum atomic E-state index is 11.9. The van der Waals surface area contributed by atoms with Crippen LogP contribution in [0.1, 0.15) is 16.9 Å². The smallest absolute Gasteiger partial charge is 0.267 e. The third-order valence-electron chi connectivity index (χ3n) is 2.84. The molecule has 0 saturated heterocycles. The van der Waals surface area contributed by atoms with Crippen LogP contribution in [0, 0.1) is 0 Å². The number of aromatic amines is 1. The first kappa shape index (κ1) is 12.6. The minimum absolute atomic E-state index is 0.0371. The zero-order valence-corrected chi connectivity index (χ0v) is 10.9. The standard InChI is InChI=1S/C14H19N3O/c1-17(2)9-5-8-15-14(18)13-10-11-6-3-4-7-12(11)16-13/h3-4,6-7,10,16H,5,8-9H2,1-2H3,(H,15,18). The van der Waals surface area contributed by atoms with Crippen molar-refractivity contribution in [3.05, 3.63) is 36.0 Å². The summed E-state index contributed by atoms with van der Waals surface area (Å²) in [5.74, 6) is -0.0371. The van der Waals surface area contributed by atoms with Gasteiger partial charge in [-0.2, -0.15) is 0 Å². The summed E-state index contributed by atoms with van der Waals surface area (Å²) >= 11 is 0. The average molecular weight is 245 g/mol. The molecule has 0 atom stereocenters.